The van der Waals surface area contributed by atoms with E-state index in [1.165, 1.54) is 14.1 Å². The number of carbonyl (C=O) groups is 1. The van der Waals surface area contributed by atoms with E-state index in [0.717, 1.165) is 39.2 Å². The molecule has 1 fully saturated rings. The van der Waals surface area contributed by atoms with Crippen molar-refractivity contribution in [3.05, 3.63) is 96.2 Å². The van der Waals surface area contributed by atoms with E-state index >= 15 is 0 Å². The van der Waals surface area contributed by atoms with Gasteiger partial charge in [0.05, 0.1) is 40.0 Å². The molecular weight excluding hydrogens is 717 g/mol. The van der Waals surface area contributed by atoms with Crippen molar-refractivity contribution in [1.29, 1.82) is 0 Å². The van der Waals surface area contributed by atoms with Crippen molar-refractivity contribution in [2.24, 2.45) is 20.0 Å². The minimum absolute atomic E-state index is 0.00438. The number of aryl methyl sites for hydroxylation is 2. The number of aliphatic carboxylic acids is 1. The molecule has 1 saturated heterocycles. The van der Waals surface area contributed by atoms with Gasteiger partial charge in [0.25, 0.3) is 12.0 Å². The molecule has 52 heavy (non-hydrogen) atoms. The molecule has 4 heterocycles. The van der Waals surface area contributed by atoms with Crippen molar-refractivity contribution in [1.82, 2.24) is 24.0 Å². The highest BCUT2D eigenvalue weighted by molar-refractivity contribution is 6.39. The zero-order valence-electron chi connectivity index (χ0n) is 28.4. The standard InChI is InChI=1S/C37H34Cl2F2N6O5/c1-45-27-17-25(32(40)41)43-33(29(27)35(48)46(2)37(45)51)42-23-9-5-7-21(31(23)39)20-6-4-8-22(30(20)38)24-16-19-10-11-26(28(19)34(44-24)52-3)47-14-12-18(13-15-47)36(49)50/h4-9,16-18,26,32H,10-15H2,1-3H3,(H,42,43)(H,49,50). The molecule has 5 aromatic rings. The first-order valence-electron chi connectivity index (χ1n) is 16.7. The SMILES string of the molecule is COc1nc(-c2cccc(-c3cccc(Nc4nc(C(F)F)cc5c4c(=O)n(C)c(=O)n5C)c3Cl)c2Cl)cc2c1C(N1CCC(C(=O)O)CC1)CC2. The third-order valence-electron chi connectivity index (χ3n) is 10.2. The number of nitrogens with zero attached hydrogens (tertiary/aromatic N) is 5. The third kappa shape index (κ3) is 6.10. The van der Waals surface area contributed by atoms with E-state index in [-0.39, 0.29) is 39.4 Å². The molecule has 11 nitrogen and oxygen atoms in total. The Kier molecular flexibility index (Phi) is 9.53. The molecule has 15 heteroatoms. The van der Waals surface area contributed by atoms with Crippen LogP contribution < -0.4 is 21.3 Å². The molecule has 1 unspecified atom stereocenters. The Labute approximate surface area is 306 Å². The van der Waals surface area contributed by atoms with Gasteiger partial charge in [-0.05, 0) is 62.5 Å². The summed E-state index contributed by atoms with van der Waals surface area (Å²) in [4.78, 5) is 48.6. The van der Waals surface area contributed by atoms with Gasteiger partial charge in [0.15, 0.2) is 0 Å². The van der Waals surface area contributed by atoms with E-state index in [2.05, 4.69) is 15.2 Å². The van der Waals surface area contributed by atoms with Crippen LogP contribution in [0.3, 0.4) is 0 Å². The normalized spacial score (nSPS) is 16.4. The summed E-state index contributed by atoms with van der Waals surface area (Å²) in [5.41, 5.74) is 2.72. The lowest BCUT2D eigenvalue weighted by atomic mass is 9.94. The molecule has 0 amide bonds. The summed E-state index contributed by atoms with van der Waals surface area (Å²) in [5, 5.41) is 12.9. The predicted molar refractivity (Wildman–Crippen MR) is 195 cm³/mol. The quantitative estimate of drug-likeness (QED) is 0.170. The monoisotopic (exact) mass is 750 g/mol. The van der Waals surface area contributed by atoms with Gasteiger partial charge in [0, 0.05) is 42.4 Å². The Bertz CT molecular complexity index is 2370. The summed E-state index contributed by atoms with van der Waals surface area (Å²) in [6, 6.07) is 13.7. The lowest BCUT2D eigenvalue weighted by Crippen LogP contribution is -2.38. The number of nitrogens with one attached hydrogen (secondary N) is 1. The summed E-state index contributed by atoms with van der Waals surface area (Å²) in [5.74, 6) is -0.750. The highest BCUT2D eigenvalue weighted by Gasteiger charge is 2.36. The number of rotatable bonds is 8. The highest BCUT2D eigenvalue weighted by Crippen LogP contribution is 2.46. The number of halogens is 4. The number of fused-ring (bicyclic) bond motifs is 2. The number of aromatic nitrogens is 4. The molecule has 1 aliphatic heterocycles. The number of anilines is 2. The molecule has 0 bridgehead atoms. The zero-order chi connectivity index (χ0) is 37.0. The van der Waals surface area contributed by atoms with Gasteiger partial charge in [-0.1, -0.05) is 53.5 Å². The van der Waals surface area contributed by atoms with Crippen LogP contribution in [-0.4, -0.2) is 55.3 Å². The minimum atomic E-state index is -2.97. The number of likely N-dealkylation sites (tertiary alicyclic amines) is 1. The number of benzene rings is 2. The molecule has 2 N–H and O–H groups in total. The predicted octanol–water partition coefficient (Wildman–Crippen LogP) is 7.14. The van der Waals surface area contributed by atoms with Crippen LogP contribution in [0.4, 0.5) is 20.3 Å². The van der Waals surface area contributed by atoms with E-state index in [9.17, 15) is 28.3 Å². The van der Waals surface area contributed by atoms with Gasteiger partial charge in [-0.15, -0.1) is 0 Å². The van der Waals surface area contributed by atoms with Crippen molar-refractivity contribution in [3.8, 4) is 28.3 Å². The number of methoxy groups -OCH3 is 1. The number of carboxylic acids is 1. The second-order valence-electron chi connectivity index (χ2n) is 13.0. The summed E-state index contributed by atoms with van der Waals surface area (Å²) in [6.07, 6.45) is -0.101. The summed E-state index contributed by atoms with van der Waals surface area (Å²) in [6.45, 7) is 1.38. The largest absolute Gasteiger partial charge is 0.481 e. The van der Waals surface area contributed by atoms with Gasteiger partial charge < -0.3 is 15.2 Å². The maximum Gasteiger partial charge on any atom is 0.330 e. The van der Waals surface area contributed by atoms with E-state index in [4.69, 9.17) is 32.9 Å². The topological polar surface area (TPSA) is 132 Å². The van der Waals surface area contributed by atoms with Crippen LogP contribution >= 0.6 is 23.2 Å². The molecule has 1 aliphatic carbocycles. The van der Waals surface area contributed by atoms with Gasteiger partial charge in [-0.3, -0.25) is 23.6 Å². The van der Waals surface area contributed by atoms with E-state index in [1.54, 1.807) is 31.4 Å². The first-order chi connectivity index (χ1) is 24.9. The fourth-order valence-corrected chi connectivity index (χ4v) is 8.01. The Morgan fingerprint density at radius 3 is 2.31 bits per heavy atom. The van der Waals surface area contributed by atoms with Gasteiger partial charge in [-0.25, -0.2) is 23.5 Å². The number of hydrogen-bond donors (Lipinski definition) is 2. The average molecular weight is 752 g/mol. The number of ether oxygens (including phenoxy) is 1. The van der Waals surface area contributed by atoms with Crippen LogP contribution in [-0.2, 0) is 25.3 Å². The van der Waals surface area contributed by atoms with Crippen LogP contribution in [0.15, 0.2) is 58.1 Å². The zero-order valence-corrected chi connectivity index (χ0v) is 29.9. The van der Waals surface area contributed by atoms with E-state index < -0.39 is 29.3 Å². The molecule has 0 radical (unpaired) electrons. The Morgan fingerprint density at radius 1 is 0.962 bits per heavy atom. The number of hydrogen-bond acceptors (Lipinski definition) is 8. The maximum atomic E-state index is 13.9. The number of alkyl halides is 2. The van der Waals surface area contributed by atoms with Crippen LogP contribution in [0.1, 0.15) is 48.6 Å². The fourth-order valence-electron chi connectivity index (χ4n) is 7.41. The molecule has 2 aliphatic rings. The molecule has 0 saturated carbocycles. The lowest BCUT2D eigenvalue weighted by molar-refractivity contribution is -0.143. The number of carboxylic acid groups (broad SMARTS) is 1. The molecular formula is C37H34Cl2F2N6O5. The fraction of sp³-hybridized carbons (Fsp3) is 0.324. The first kappa shape index (κ1) is 35.5. The van der Waals surface area contributed by atoms with Crippen molar-refractivity contribution in [2.75, 3.05) is 25.5 Å². The summed E-state index contributed by atoms with van der Waals surface area (Å²) >= 11 is 14.1. The molecule has 270 valence electrons. The molecule has 0 spiro atoms. The van der Waals surface area contributed by atoms with E-state index in [1.807, 2.05) is 18.2 Å². The molecule has 2 aromatic carbocycles. The number of pyridine rings is 2. The Balaban J connectivity index is 1.25. The van der Waals surface area contributed by atoms with Crippen LogP contribution in [0, 0.1) is 5.92 Å². The summed E-state index contributed by atoms with van der Waals surface area (Å²) in [7, 11) is 4.27. The van der Waals surface area contributed by atoms with E-state index in [0.29, 0.717) is 59.2 Å². The van der Waals surface area contributed by atoms with Gasteiger partial charge >= 0.3 is 11.7 Å². The summed E-state index contributed by atoms with van der Waals surface area (Å²) < 4.78 is 35.7. The van der Waals surface area contributed by atoms with Crippen LogP contribution in [0.25, 0.3) is 33.3 Å². The van der Waals surface area contributed by atoms with Crippen molar-refractivity contribution < 1.29 is 23.4 Å². The van der Waals surface area contributed by atoms with Crippen molar-refractivity contribution in [3.63, 3.8) is 0 Å². The second kappa shape index (κ2) is 13.9. The average Bonchev–Trinajstić information content (AvgIpc) is 3.57. The smallest absolute Gasteiger partial charge is 0.330 e. The first-order valence-corrected chi connectivity index (χ1v) is 17.4. The Hall–Kier alpha value is -4.85. The molecule has 1 atom stereocenters. The van der Waals surface area contributed by atoms with Gasteiger partial charge in [0.2, 0.25) is 5.88 Å². The molecule has 3 aromatic heterocycles. The van der Waals surface area contributed by atoms with Crippen LogP contribution in [0.5, 0.6) is 5.88 Å². The highest BCUT2D eigenvalue weighted by atomic mass is 35.5. The van der Waals surface area contributed by atoms with Crippen molar-refractivity contribution >= 4 is 51.6 Å². The molecule has 7 rings (SSSR count). The minimum Gasteiger partial charge on any atom is -0.481 e. The lowest BCUT2D eigenvalue weighted by Gasteiger charge is -2.35. The number of piperidine rings is 1. The van der Waals surface area contributed by atoms with Crippen LogP contribution in [0.2, 0.25) is 10.0 Å². The maximum absolute atomic E-state index is 13.9. The second-order valence-corrected chi connectivity index (χ2v) is 13.8. The van der Waals surface area contributed by atoms with Gasteiger partial charge in [-0.2, -0.15) is 0 Å². The van der Waals surface area contributed by atoms with Crippen molar-refractivity contribution in [2.45, 2.75) is 38.2 Å². The Morgan fingerprint density at radius 2 is 1.63 bits per heavy atom. The van der Waals surface area contributed by atoms with Gasteiger partial charge in [0.1, 0.15) is 16.9 Å². The third-order valence-corrected chi connectivity index (χ3v) is 11.0.